The quantitative estimate of drug-likeness (QED) is 0.886. The Morgan fingerprint density at radius 3 is 2.17 bits per heavy atom. The van der Waals surface area contributed by atoms with Crippen molar-refractivity contribution in [3.8, 4) is 11.5 Å². The zero-order chi connectivity index (χ0) is 16.4. The standard InChI is InChI=1S/C20H25NO2.ClH/c1-13-14(2)20(23-4)17(11-19(13)22-3)12-21-18-9-15-7-5-6-8-16(15)10-18;/h5-8,11,18,21H,9-10,12H2,1-4H3;1H. The van der Waals surface area contributed by atoms with Crippen LogP contribution in [0.1, 0.15) is 27.8 Å². The Labute approximate surface area is 150 Å². The molecular weight excluding hydrogens is 322 g/mol. The Balaban J connectivity index is 0.00000208. The highest BCUT2D eigenvalue weighted by atomic mass is 35.5. The average Bonchev–Trinajstić information content (AvgIpc) is 2.98. The van der Waals surface area contributed by atoms with E-state index in [4.69, 9.17) is 9.47 Å². The number of ether oxygens (including phenoxy) is 2. The third-order valence-electron chi connectivity index (χ3n) is 4.93. The molecule has 0 aromatic heterocycles. The molecule has 130 valence electrons. The largest absolute Gasteiger partial charge is 0.496 e. The van der Waals surface area contributed by atoms with Crippen LogP contribution in [0.3, 0.4) is 0 Å². The molecule has 3 nitrogen and oxygen atoms in total. The second-order valence-corrected chi connectivity index (χ2v) is 6.28. The first-order valence-electron chi connectivity index (χ1n) is 8.15. The van der Waals surface area contributed by atoms with E-state index in [9.17, 15) is 0 Å². The molecule has 1 aliphatic carbocycles. The van der Waals surface area contributed by atoms with Gasteiger partial charge in [-0.15, -0.1) is 12.4 Å². The third-order valence-corrected chi connectivity index (χ3v) is 4.93. The van der Waals surface area contributed by atoms with Crippen molar-refractivity contribution in [2.24, 2.45) is 0 Å². The Bertz CT molecular complexity index is 690. The summed E-state index contributed by atoms with van der Waals surface area (Å²) in [4.78, 5) is 0. The van der Waals surface area contributed by atoms with Gasteiger partial charge in [0.2, 0.25) is 0 Å². The van der Waals surface area contributed by atoms with Gasteiger partial charge in [0.15, 0.2) is 0 Å². The lowest BCUT2D eigenvalue weighted by Gasteiger charge is -2.19. The van der Waals surface area contributed by atoms with Crippen LogP contribution in [0.15, 0.2) is 30.3 Å². The zero-order valence-electron chi connectivity index (χ0n) is 14.8. The Morgan fingerprint density at radius 2 is 1.62 bits per heavy atom. The molecule has 4 heteroatoms. The van der Waals surface area contributed by atoms with Gasteiger partial charge in [0.05, 0.1) is 14.2 Å². The van der Waals surface area contributed by atoms with Crippen molar-refractivity contribution in [2.45, 2.75) is 39.3 Å². The smallest absolute Gasteiger partial charge is 0.126 e. The molecule has 2 aromatic rings. The lowest BCUT2D eigenvalue weighted by molar-refractivity contribution is 0.390. The van der Waals surface area contributed by atoms with Crippen LogP contribution in [-0.2, 0) is 19.4 Å². The predicted molar refractivity (Wildman–Crippen MR) is 101 cm³/mol. The molecule has 0 spiro atoms. The van der Waals surface area contributed by atoms with Crippen molar-refractivity contribution in [1.82, 2.24) is 5.32 Å². The van der Waals surface area contributed by atoms with E-state index in [1.54, 1.807) is 14.2 Å². The Morgan fingerprint density at radius 1 is 1.00 bits per heavy atom. The maximum absolute atomic E-state index is 5.64. The van der Waals surface area contributed by atoms with E-state index in [0.29, 0.717) is 6.04 Å². The van der Waals surface area contributed by atoms with E-state index in [0.717, 1.165) is 47.6 Å². The van der Waals surface area contributed by atoms with Crippen molar-refractivity contribution in [3.05, 3.63) is 58.1 Å². The van der Waals surface area contributed by atoms with Crippen molar-refractivity contribution in [3.63, 3.8) is 0 Å². The van der Waals surface area contributed by atoms with Gasteiger partial charge in [-0.2, -0.15) is 0 Å². The van der Waals surface area contributed by atoms with Crippen molar-refractivity contribution < 1.29 is 9.47 Å². The monoisotopic (exact) mass is 347 g/mol. The molecule has 1 aliphatic rings. The van der Waals surface area contributed by atoms with Crippen LogP contribution in [0.5, 0.6) is 11.5 Å². The first-order valence-corrected chi connectivity index (χ1v) is 8.15. The van der Waals surface area contributed by atoms with Crippen LogP contribution in [0, 0.1) is 13.8 Å². The molecule has 0 aliphatic heterocycles. The fraction of sp³-hybridized carbons (Fsp3) is 0.400. The lowest BCUT2D eigenvalue weighted by Crippen LogP contribution is -2.29. The molecule has 0 heterocycles. The molecule has 0 radical (unpaired) electrons. The molecule has 1 N–H and O–H groups in total. The van der Waals surface area contributed by atoms with Crippen LogP contribution in [0.4, 0.5) is 0 Å². The normalized spacial score (nSPS) is 13.3. The first kappa shape index (κ1) is 18.6. The molecule has 0 amide bonds. The third kappa shape index (κ3) is 3.52. The number of methoxy groups -OCH3 is 2. The van der Waals surface area contributed by atoms with Crippen molar-refractivity contribution in [2.75, 3.05) is 14.2 Å². The summed E-state index contributed by atoms with van der Waals surface area (Å²) in [5.41, 5.74) is 6.38. The second-order valence-electron chi connectivity index (χ2n) is 6.28. The Kier molecular flexibility index (Phi) is 6.14. The number of nitrogens with one attached hydrogen (secondary N) is 1. The maximum Gasteiger partial charge on any atom is 0.126 e. The van der Waals surface area contributed by atoms with Gasteiger partial charge in [0.25, 0.3) is 0 Å². The van der Waals surface area contributed by atoms with Crippen molar-refractivity contribution >= 4 is 12.4 Å². The topological polar surface area (TPSA) is 30.5 Å². The van der Waals surface area contributed by atoms with Gasteiger partial charge >= 0.3 is 0 Å². The summed E-state index contributed by atoms with van der Waals surface area (Å²) in [5, 5.41) is 3.68. The maximum atomic E-state index is 5.64. The van der Waals surface area contributed by atoms with Gasteiger partial charge in [0.1, 0.15) is 11.5 Å². The van der Waals surface area contributed by atoms with E-state index in [2.05, 4.69) is 49.5 Å². The number of hydrogen-bond acceptors (Lipinski definition) is 3. The van der Waals surface area contributed by atoms with Crippen LogP contribution in [0.25, 0.3) is 0 Å². The minimum absolute atomic E-state index is 0. The summed E-state index contributed by atoms with van der Waals surface area (Å²) >= 11 is 0. The van der Waals surface area contributed by atoms with Crippen LogP contribution in [-0.4, -0.2) is 20.3 Å². The number of rotatable bonds is 5. The van der Waals surface area contributed by atoms with Crippen LogP contribution in [0.2, 0.25) is 0 Å². The number of hydrogen-bond donors (Lipinski definition) is 1. The second kappa shape index (κ2) is 7.91. The molecule has 0 fully saturated rings. The van der Waals surface area contributed by atoms with Gasteiger partial charge in [-0.05, 0) is 55.0 Å². The summed E-state index contributed by atoms with van der Waals surface area (Å²) in [7, 11) is 3.46. The summed E-state index contributed by atoms with van der Waals surface area (Å²) in [6.45, 7) is 4.95. The fourth-order valence-electron chi connectivity index (χ4n) is 3.51. The fourth-order valence-corrected chi connectivity index (χ4v) is 3.51. The molecule has 2 aromatic carbocycles. The highest BCUT2D eigenvalue weighted by Crippen LogP contribution is 2.33. The number of halogens is 1. The molecular formula is C20H26ClNO2. The molecule has 3 rings (SSSR count). The number of benzene rings is 2. The molecule has 0 saturated carbocycles. The SMILES string of the molecule is COc1cc(CNC2Cc3ccccc3C2)c(OC)c(C)c1C.Cl. The molecule has 0 bridgehead atoms. The van der Waals surface area contributed by atoms with E-state index < -0.39 is 0 Å². The van der Waals surface area contributed by atoms with Gasteiger partial charge in [-0.25, -0.2) is 0 Å². The van der Waals surface area contributed by atoms with Gasteiger partial charge in [-0.3, -0.25) is 0 Å². The Hall–Kier alpha value is -1.71. The van der Waals surface area contributed by atoms with E-state index in [1.165, 1.54) is 11.1 Å². The summed E-state index contributed by atoms with van der Waals surface area (Å²) in [6, 6.07) is 11.3. The molecule has 0 saturated heterocycles. The highest BCUT2D eigenvalue weighted by molar-refractivity contribution is 5.85. The van der Waals surface area contributed by atoms with Crippen molar-refractivity contribution in [1.29, 1.82) is 0 Å². The summed E-state index contributed by atoms with van der Waals surface area (Å²) < 4.78 is 11.1. The van der Waals surface area contributed by atoms with Crippen LogP contribution >= 0.6 is 12.4 Å². The summed E-state index contributed by atoms with van der Waals surface area (Å²) in [5.74, 6) is 1.89. The van der Waals surface area contributed by atoms with E-state index >= 15 is 0 Å². The van der Waals surface area contributed by atoms with Gasteiger partial charge in [0, 0.05) is 18.2 Å². The minimum atomic E-state index is 0. The van der Waals surface area contributed by atoms with Crippen LogP contribution < -0.4 is 14.8 Å². The lowest BCUT2D eigenvalue weighted by atomic mass is 10.0. The molecule has 0 unspecified atom stereocenters. The average molecular weight is 348 g/mol. The summed E-state index contributed by atoms with van der Waals surface area (Å²) in [6.07, 6.45) is 2.20. The van der Waals surface area contributed by atoms with E-state index in [1.807, 2.05) is 0 Å². The first-order chi connectivity index (χ1) is 11.1. The highest BCUT2D eigenvalue weighted by Gasteiger charge is 2.21. The van der Waals surface area contributed by atoms with Gasteiger partial charge < -0.3 is 14.8 Å². The molecule has 24 heavy (non-hydrogen) atoms. The van der Waals surface area contributed by atoms with Gasteiger partial charge in [-0.1, -0.05) is 24.3 Å². The number of fused-ring (bicyclic) bond motifs is 1. The van der Waals surface area contributed by atoms with E-state index in [-0.39, 0.29) is 12.4 Å². The molecule has 0 atom stereocenters. The minimum Gasteiger partial charge on any atom is -0.496 e. The zero-order valence-corrected chi connectivity index (χ0v) is 15.6. The predicted octanol–water partition coefficient (Wildman–Crippen LogP) is 4.00.